The zero-order chi connectivity index (χ0) is 15.8. The number of nitrogens with zero attached hydrogens (tertiary/aromatic N) is 1. The second kappa shape index (κ2) is 5.61. The highest BCUT2D eigenvalue weighted by molar-refractivity contribution is 7.89. The SMILES string of the molecule is Cc1ccc([C@H](C)NS(=O)(=O)c2c(C)noc2C)cc1C. The molecule has 0 bridgehead atoms. The maximum atomic E-state index is 12.5. The number of hydrogen-bond donors (Lipinski definition) is 1. The minimum absolute atomic E-state index is 0.123. The molecule has 1 atom stereocenters. The van der Waals surface area contributed by atoms with Crippen LogP contribution in [-0.2, 0) is 10.0 Å². The molecule has 1 N–H and O–H groups in total. The highest BCUT2D eigenvalue weighted by Crippen LogP contribution is 2.23. The lowest BCUT2D eigenvalue weighted by Gasteiger charge is -2.15. The summed E-state index contributed by atoms with van der Waals surface area (Å²) in [5.41, 5.74) is 3.61. The summed E-state index contributed by atoms with van der Waals surface area (Å²) in [6.07, 6.45) is 0. The Hall–Kier alpha value is -1.66. The number of benzene rings is 1. The Bertz CT molecular complexity index is 744. The predicted octanol–water partition coefficient (Wildman–Crippen LogP) is 2.95. The molecule has 0 amide bonds. The van der Waals surface area contributed by atoms with Crippen LogP contribution in [0.25, 0.3) is 0 Å². The van der Waals surface area contributed by atoms with Gasteiger partial charge in [0.2, 0.25) is 10.0 Å². The van der Waals surface area contributed by atoms with Gasteiger partial charge >= 0.3 is 0 Å². The molecule has 0 aliphatic rings. The van der Waals surface area contributed by atoms with E-state index in [1.165, 1.54) is 5.56 Å². The van der Waals surface area contributed by atoms with Gasteiger partial charge in [-0.3, -0.25) is 0 Å². The summed E-state index contributed by atoms with van der Waals surface area (Å²) in [7, 11) is -3.65. The second-order valence-corrected chi connectivity index (χ2v) is 6.99. The van der Waals surface area contributed by atoms with Gasteiger partial charge in [0, 0.05) is 6.04 Å². The third kappa shape index (κ3) is 3.16. The first kappa shape index (κ1) is 15.7. The number of nitrogens with one attached hydrogen (secondary N) is 1. The Labute approximate surface area is 125 Å². The monoisotopic (exact) mass is 308 g/mol. The van der Waals surface area contributed by atoms with Gasteiger partial charge in [0.05, 0.1) is 0 Å². The lowest BCUT2D eigenvalue weighted by Crippen LogP contribution is -2.27. The topological polar surface area (TPSA) is 72.2 Å². The summed E-state index contributed by atoms with van der Waals surface area (Å²) >= 11 is 0. The maximum absolute atomic E-state index is 12.5. The van der Waals surface area contributed by atoms with Crippen molar-refractivity contribution in [2.45, 2.75) is 45.6 Å². The van der Waals surface area contributed by atoms with Crippen LogP contribution in [-0.4, -0.2) is 13.6 Å². The third-order valence-corrected chi connectivity index (χ3v) is 5.38. The van der Waals surface area contributed by atoms with Gasteiger partial charge in [-0.15, -0.1) is 0 Å². The van der Waals surface area contributed by atoms with Crippen LogP contribution in [0.5, 0.6) is 0 Å². The molecule has 1 heterocycles. The van der Waals surface area contributed by atoms with Gasteiger partial charge in [0.15, 0.2) is 5.76 Å². The summed E-state index contributed by atoms with van der Waals surface area (Å²) in [6, 6.07) is 5.59. The van der Waals surface area contributed by atoms with Crippen molar-refractivity contribution in [3.05, 3.63) is 46.3 Å². The molecule has 1 aromatic carbocycles. The standard InChI is InChI=1S/C15H20N2O3S/c1-9-6-7-14(8-10(9)2)11(3)17-21(18,19)15-12(4)16-20-13(15)5/h6-8,11,17H,1-5H3/t11-/m0/s1. The van der Waals surface area contributed by atoms with Gasteiger partial charge in [-0.2, -0.15) is 0 Å². The van der Waals surface area contributed by atoms with Crippen molar-refractivity contribution in [2.24, 2.45) is 0 Å². The number of sulfonamides is 1. The number of aryl methyl sites for hydroxylation is 4. The summed E-state index contributed by atoms with van der Waals surface area (Å²) in [5, 5.41) is 3.69. The Morgan fingerprint density at radius 3 is 2.33 bits per heavy atom. The van der Waals surface area contributed by atoms with Gasteiger partial charge in [0.1, 0.15) is 10.6 Å². The molecule has 0 fully saturated rings. The van der Waals surface area contributed by atoms with Gasteiger partial charge < -0.3 is 4.52 Å². The Balaban J connectivity index is 2.30. The van der Waals surface area contributed by atoms with Crippen LogP contribution in [0, 0.1) is 27.7 Å². The smallest absolute Gasteiger partial charge is 0.246 e. The van der Waals surface area contributed by atoms with Crippen molar-refractivity contribution >= 4 is 10.0 Å². The third-order valence-electron chi connectivity index (χ3n) is 3.60. The van der Waals surface area contributed by atoms with E-state index in [0.717, 1.165) is 11.1 Å². The summed E-state index contributed by atoms with van der Waals surface area (Å²) in [6.45, 7) is 9.06. The predicted molar refractivity (Wildman–Crippen MR) is 80.6 cm³/mol. The fourth-order valence-corrected chi connectivity index (χ4v) is 3.81. The lowest BCUT2D eigenvalue weighted by molar-refractivity contribution is 0.390. The molecule has 2 rings (SSSR count). The molecule has 0 saturated carbocycles. The average molecular weight is 308 g/mol. The first-order valence-electron chi connectivity index (χ1n) is 6.74. The molecule has 5 nitrogen and oxygen atoms in total. The van der Waals surface area contributed by atoms with Crippen molar-refractivity contribution in [1.29, 1.82) is 0 Å². The molecule has 0 radical (unpaired) electrons. The molecule has 0 aliphatic heterocycles. The van der Waals surface area contributed by atoms with Gasteiger partial charge in [-0.05, 0) is 51.3 Å². The second-order valence-electron chi connectivity index (χ2n) is 5.34. The summed E-state index contributed by atoms with van der Waals surface area (Å²) in [5.74, 6) is 0.298. The van der Waals surface area contributed by atoms with Crippen LogP contribution in [0.4, 0.5) is 0 Å². The van der Waals surface area contributed by atoms with Crippen LogP contribution in [0.2, 0.25) is 0 Å². The first-order chi connectivity index (χ1) is 9.72. The fourth-order valence-electron chi connectivity index (χ4n) is 2.25. The maximum Gasteiger partial charge on any atom is 0.246 e. The van der Waals surface area contributed by atoms with E-state index in [0.29, 0.717) is 11.5 Å². The van der Waals surface area contributed by atoms with E-state index >= 15 is 0 Å². The van der Waals surface area contributed by atoms with Crippen molar-refractivity contribution in [3.63, 3.8) is 0 Å². The van der Waals surface area contributed by atoms with Crippen LogP contribution in [0.15, 0.2) is 27.6 Å². The highest BCUT2D eigenvalue weighted by atomic mass is 32.2. The molecular weight excluding hydrogens is 288 g/mol. The quantitative estimate of drug-likeness (QED) is 0.942. The van der Waals surface area contributed by atoms with Crippen LogP contribution in [0.1, 0.15) is 41.1 Å². The first-order valence-corrected chi connectivity index (χ1v) is 8.23. The molecule has 21 heavy (non-hydrogen) atoms. The molecule has 1 aromatic heterocycles. The molecule has 114 valence electrons. The van der Waals surface area contributed by atoms with Crippen molar-refractivity contribution in [2.75, 3.05) is 0 Å². The van der Waals surface area contributed by atoms with E-state index in [2.05, 4.69) is 9.88 Å². The van der Waals surface area contributed by atoms with Crippen LogP contribution >= 0.6 is 0 Å². The van der Waals surface area contributed by atoms with E-state index in [4.69, 9.17) is 4.52 Å². The zero-order valence-corrected chi connectivity index (χ0v) is 13.7. The molecule has 6 heteroatoms. The normalized spacial score (nSPS) is 13.4. The molecule has 0 saturated heterocycles. The van der Waals surface area contributed by atoms with Crippen LogP contribution < -0.4 is 4.72 Å². The van der Waals surface area contributed by atoms with Crippen LogP contribution in [0.3, 0.4) is 0 Å². The van der Waals surface area contributed by atoms with E-state index in [9.17, 15) is 8.42 Å². The largest absolute Gasteiger partial charge is 0.360 e. The average Bonchev–Trinajstić information content (AvgIpc) is 2.72. The number of aromatic nitrogens is 1. The molecule has 2 aromatic rings. The van der Waals surface area contributed by atoms with Crippen molar-refractivity contribution in [3.8, 4) is 0 Å². The minimum atomic E-state index is -3.65. The minimum Gasteiger partial charge on any atom is -0.360 e. The molecular formula is C15H20N2O3S. The fraction of sp³-hybridized carbons (Fsp3) is 0.400. The van der Waals surface area contributed by atoms with Gasteiger partial charge in [-0.1, -0.05) is 23.4 Å². The number of hydrogen-bond acceptors (Lipinski definition) is 4. The van der Waals surface area contributed by atoms with E-state index in [-0.39, 0.29) is 10.9 Å². The Kier molecular flexibility index (Phi) is 4.20. The lowest BCUT2D eigenvalue weighted by atomic mass is 10.0. The molecule has 0 spiro atoms. The summed E-state index contributed by atoms with van der Waals surface area (Å²) < 4.78 is 32.5. The van der Waals surface area contributed by atoms with Gasteiger partial charge in [0.25, 0.3) is 0 Å². The molecule has 0 aliphatic carbocycles. The van der Waals surface area contributed by atoms with Gasteiger partial charge in [-0.25, -0.2) is 13.1 Å². The van der Waals surface area contributed by atoms with Crippen molar-refractivity contribution < 1.29 is 12.9 Å². The number of rotatable bonds is 4. The Morgan fingerprint density at radius 2 is 1.81 bits per heavy atom. The highest BCUT2D eigenvalue weighted by Gasteiger charge is 2.26. The van der Waals surface area contributed by atoms with E-state index in [1.54, 1.807) is 13.8 Å². The van der Waals surface area contributed by atoms with E-state index < -0.39 is 10.0 Å². The Morgan fingerprint density at radius 1 is 1.14 bits per heavy atom. The molecule has 0 unspecified atom stereocenters. The van der Waals surface area contributed by atoms with E-state index in [1.807, 2.05) is 39.0 Å². The summed E-state index contributed by atoms with van der Waals surface area (Å²) in [4.78, 5) is 0.123. The van der Waals surface area contributed by atoms with Crippen molar-refractivity contribution in [1.82, 2.24) is 9.88 Å². The zero-order valence-electron chi connectivity index (χ0n) is 12.9.